The molecule has 0 spiro atoms. The van der Waals surface area contributed by atoms with E-state index in [9.17, 15) is 13.2 Å². The van der Waals surface area contributed by atoms with Gasteiger partial charge in [0.05, 0.1) is 21.8 Å². The Morgan fingerprint density at radius 3 is 2.54 bits per heavy atom. The van der Waals surface area contributed by atoms with E-state index < -0.39 is 11.7 Å². The lowest BCUT2D eigenvalue weighted by Gasteiger charge is -2.11. The third-order valence-electron chi connectivity index (χ3n) is 3.88. The lowest BCUT2D eigenvalue weighted by Crippen LogP contribution is -2.18. The number of hydrogen-bond acceptors (Lipinski definition) is 4. The Bertz CT molecular complexity index is 1000. The molecule has 2 aromatic carbocycles. The topological polar surface area (TPSA) is 36.8 Å². The molecule has 7 heteroatoms. The maximum atomic E-state index is 13.1. The normalized spacial score (nSPS) is 14.0. The van der Waals surface area contributed by atoms with Crippen LogP contribution in [-0.4, -0.2) is 11.5 Å². The van der Waals surface area contributed by atoms with Crippen molar-refractivity contribution in [3.63, 3.8) is 0 Å². The molecule has 0 saturated carbocycles. The van der Waals surface area contributed by atoms with E-state index in [1.54, 1.807) is 12.1 Å². The van der Waals surface area contributed by atoms with Gasteiger partial charge in [-0.2, -0.15) is 18.3 Å². The molecule has 1 aromatic heterocycles. The second-order valence-corrected chi connectivity index (χ2v) is 6.55. The van der Waals surface area contributed by atoms with E-state index >= 15 is 0 Å². The van der Waals surface area contributed by atoms with E-state index in [2.05, 4.69) is 15.5 Å². The lowest BCUT2D eigenvalue weighted by molar-refractivity contribution is -0.137. The number of benzene rings is 2. The number of thiophene rings is 1. The monoisotopic (exact) mass is 371 g/mol. The number of rotatable bonds is 2. The van der Waals surface area contributed by atoms with Crippen LogP contribution < -0.4 is 5.43 Å². The van der Waals surface area contributed by atoms with E-state index in [1.165, 1.54) is 17.4 Å². The van der Waals surface area contributed by atoms with Crippen molar-refractivity contribution in [1.82, 2.24) is 5.43 Å². The fourth-order valence-electron chi connectivity index (χ4n) is 2.67. The molecule has 2 heterocycles. The van der Waals surface area contributed by atoms with Crippen molar-refractivity contribution in [2.24, 2.45) is 10.1 Å². The van der Waals surface area contributed by atoms with E-state index in [-0.39, 0.29) is 0 Å². The van der Waals surface area contributed by atoms with Crippen molar-refractivity contribution in [2.75, 3.05) is 0 Å². The van der Waals surface area contributed by atoms with Crippen LogP contribution in [0.15, 0.2) is 76.1 Å². The molecule has 0 atom stereocenters. The zero-order chi connectivity index (χ0) is 18.1. The number of nitrogens with zero attached hydrogens (tertiary/aromatic N) is 2. The molecule has 4 rings (SSSR count). The SMILES string of the molecule is FC(F)(F)c1cccc(C2=NNC(c3cccs3)=Nc3ccccc32)c1. The van der Waals surface area contributed by atoms with E-state index in [1.807, 2.05) is 35.7 Å². The summed E-state index contributed by atoms with van der Waals surface area (Å²) in [5, 5.41) is 6.29. The fraction of sp³-hybridized carbons (Fsp3) is 0.0526. The van der Waals surface area contributed by atoms with Crippen LogP contribution in [-0.2, 0) is 6.18 Å². The average molecular weight is 371 g/mol. The number of nitrogens with one attached hydrogen (secondary N) is 1. The van der Waals surface area contributed by atoms with Gasteiger partial charge in [-0.15, -0.1) is 11.3 Å². The minimum atomic E-state index is -4.41. The molecular weight excluding hydrogens is 359 g/mol. The molecule has 1 N–H and O–H groups in total. The minimum absolute atomic E-state index is 0.377. The predicted octanol–water partition coefficient (Wildman–Crippen LogP) is 5.20. The Morgan fingerprint density at radius 2 is 1.77 bits per heavy atom. The molecule has 130 valence electrons. The smallest absolute Gasteiger partial charge is 0.260 e. The number of alkyl halides is 3. The summed E-state index contributed by atoms with van der Waals surface area (Å²) in [6.45, 7) is 0. The zero-order valence-corrected chi connectivity index (χ0v) is 14.1. The molecule has 3 nitrogen and oxygen atoms in total. The number of halogens is 3. The zero-order valence-electron chi connectivity index (χ0n) is 13.3. The maximum Gasteiger partial charge on any atom is 0.416 e. The fourth-order valence-corrected chi connectivity index (χ4v) is 3.34. The first-order chi connectivity index (χ1) is 12.5. The number of aliphatic imine (C=N–C) groups is 1. The molecule has 0 amide bonds. The van der Waals surface area contributed by atoms with Gasteiger partial charge in [-0.05, 0) is 29.6 Å². The van der Waals surface area contributed by atoms with Crippen LogP contribution >= 0.6 is 11.3 Å². The van der Waals surface area contributed by atoms with Crippen LogP contribution in [0.3, 0.4) is 0 Å². The van der Waals surface area contributed by atoms with Crippen molar-refractivity contribution in [1.29, 1.82) is 0 Å². The van der Waals surface area contributed by atoms with Crippen molar-refractivity contribution in [3.05, 3.63) is 87.6 Å². The van der Waals surface area contributed by atoms with E-state index in [4.69, 9.17) is 0 Å². The average Bonchev–Trinajstić information content (AvgIpc) is 3.09. The van der Waals surface area contributed by atoms with Gasteiger partial charge in [-0.3, -0.25) is 5.43 Å². The summed E-state index contributed by atoms with van der Waals surface area (Å²) in [7, 11) is 0. The van der Waals surface area contributed by atoms with Crippen LogP contribution in [0.2, 0.25) is 0 Å². The summed E-state index contributed by atoms with van der Waals surface area (Å²) in [6.07, 6.45) is -4.41. The number of para-hydroxylation sites is 1. The molecule has 1 aliphatic rings. The van der Waals surface area contributed by atoms with Crippen LogP contribution in [0.1, 0.15) is 21.6 Å². The van der Waals surface area contributed by atoms with Gasteiger partial charge in [0.2, 0.25) is 0 Å². The summed E-state index contributed by atoms with van der Waals surface area (Å²) < 4.78 is 39.2. The predicted molar refractivity (Wildman–Crippen MR) is 97.2 cm³/mol. The summed E-state index contributed by atoms with van der Waals surface area (Å²) in [5.74, 6) is 0.564. The first kappa shape index (κ1) is 16.5. The number of amidine groups is 1. The number of fused-ring (bicyclic) bond motifs is 1. The van der Waals surface area contributed by atoms with Crippen molar-refractivity contribution in [3.8, 4) is 0 Å². The van der Waals surface area contributed by atoms with Gasteiger partial charge in [0.1, 0.15) is 0 Å². The van der Waals surface area contributed by atoms with E-state index in [0.717, 1.165) is 17.0 Å². The van der Waals surface area contributed by atoms with E-state index in [0.29, 0.717) is 28.4 Å². The van der Waals surface area contributed by atoms with Gasteiger partial charge in [-0.25, -0.2) is 4.99 Å². The highest BCUT2D eigenvalue weighted by Crippen LogP contribution is 2.31. The summed E-state index contributed by atoms with van der Waals surface area (Å²) in [5.41, 5.74) is 4.31. The van der Waals surface area contributed by atoms with Gasteiger partial charge in [0.15, 0.2) is 5.84 Å². The summed E-state index contributed by atoms with van der Waals surface area (Å²) >= 11 is 1.50. The Hall–Kier alpha value is -2.93. The first-order valence-corrected chi connectivity index (χ1v) is 8.63. The lowest BCUT2D eigenvalue weighted by atomic mass is 9.99. The molecule has 0 radical (unpaired) electrons. The van der Waals surface area contributed by atoms with Gasteiger partial charge in [-0.1, -0.05) is 36.4 Å². The highest BCUT2D eigenvalue weighted by Gasteiger charge is 2.31. The molecule has 0 saturated heterocycles. The van der Waals surface area contributed by atoms with Gasteiger partial charge >= 0.3 is 6.18 Å². The van der Waals surface area contributed by atoms with Gasteiger partial charge < -0.3 is 0 Å². The van der Waals surface area contributed by atoms with Crippen molar-refractivity contribution in [2.45, 2.75) is 6.18 Å². The second kappa shape index (κ2) is 6.42. The third kappa shape index (κ3) is 3.13. The molecule has 26 heavy (non-hydrogen) atoms. The largest absolute Gasteiger partial charge is 0.416 e. The Kier molecular flexibility index (Phi) is 4.08. The highest BCUT2D eigenvalue weighted by molar-refractivity contribution is 7.12. The quantitative estimate of drug-likeness (QED) is 0.660. The van der Waals surface area contributed by atoms with Gasteiger partial charge in [0.25, 0.3) is 0 Å². The van der Waals surface area contributed by atoms with Gasteiger partial charge in [0, 0.05) is 11.1 Å². The summed E-state index contributed by atoms with van der Waals surface area (Å²) in [6, 6.07) is 16.2. The Labute approximate surface area is 151 Å². The molecule has 0 aliphatic carbocycles. The third-order valence-corrected chi connectivity index (χ3v) is 4.76. The minimum Gasteiger partial charge on any atom is -0.260 e. The van der Waals surface area contributed by atoms with Crippen molar-refractivity contribution >= 4 is 28.6 Å². The molecule has 0 bridgehead atoms. The Balaban J connectivity index is 1.84. The van der Waals surface area contributed by atoms with Crippen molar-refractivity contribution < 1.29 is 13.2 Å². The molecule has 0 unspecified atom stereocenters. The van der Waals surface area contributed by atoms with Crippen LogP contribution in [0, 0.1) is 0 Å². The first-order valence-electron chi connectivity index (χ1n) is 7.76. The Morgan fingerprint density at radius 1 is 0.923 bits per heavy atom. The maximum absolute atomic E-state index is 13.1. The molecule has 0 fully saturated rings. The second-order valence-electron chi connectivity index (χ2n) is 5.61. The highest BCUT2D eigenvalue weighted by atomic mass is 32.1. The van der Waals surface area contributed by atoms with Crippen LogP contribution in [0.4, 0.5) is 18.9 Å². The number of hydrazone groups is 1. The molecular formula is C19H12F3N3S. The van der Waals surface area contributed by atoms with Crippen LogP contribution in [0.5, 0.6) is 0 Å². The summed E-state index contributed by atoms with van der Waals surface area (Å²) in [4.78, 5) is 5.50. The molecule has 1 aliphatic heterocycles. The number of hydrogen-bond donors (Lipinski definition) is 1. The standard InChI is InChI=1S/C19H12F3N3S/c20-19(21,22)13-6-3-5-12(11-13)17-14-7-1-2-8-15(14)23-18(25-24-17)16-9-4-10-26-16/h1-11H,(H,23,25). The molecule has 3 aromatic rings. The van der Waals surface area contributed by atoms with Crippen LogP contribution in [0.25, 0.3) is 0 Å².